The van der Waals surface area contributed by atoms with Gasteiger partial charge in [0, 0.05) is 32.7 Å². The van der Waals surface area contributed by atoms with Crippen LogP contribution in [0.4, 0.5) is 0 Å². The summed E-state index contributed by atoms with van der Waals surface area (Å²) in [6, 6.07) is 0. The van der Waals surface area contributed by atoms with E-state index in [0.29, 0.717) is 11.7 Å². The second-order valence-corrected chi connectivity index (χ2v) is 3.82. The Morgan fingerprint density at radius 3 is 2.94 bits per heavy atom. The van der Waals surface area contributed by atoms with Gasteiger partial charge >= 0.3 is 0 Å². The van der Waals surface area contributed by atoms with Crippen molar-refractivity contribution in [1.29, 1.82) is 0 Å². The van der Waals surface area contributed by atoms with Crippen molar-refractivity contribution in [2.24, 2.45) is 5.92 Å². The maximum absolute atomic E-state index is 10.5. The lowest BCUT2D eigenvalue weighted by Crippen LogP contribution is -2.34. The SMILES string of the molecule is CCN(CC1CCOC1)C(=C[N+](=O)[O-])NC. The molecule has 0 aromatic rings. The normalized spacial score (nSPS) is 20.9. The summed E-state index contributed by atoms with van der Waals surface area (Å²) in [5.41, 5.74) is 0. The molecule has 6 heteroatoms. The van der Waals surface area contributed by atoms with Gasteiger partial charge in [-0.05, 0) is 13.3 Å². The molecule has 1 saturated heterocycles. The van der Waals surface area contributed by atoms with E-state index in [1.807, 2.05) is 11.8 Å². The Bertz CT molecular complexity index is 262. The van der Waals surface area contributed by atoms with Crippen molar-refractivity contribution in [2.75, 3.05) is 33.4 Å². The first-order valence-corrected chi connectivity index (χ1v) is 5.53. The monoisotopic (exact) mass is 229 g/mol. The van der Waals surface area contributed by atoms with E-state index < -0.39 is 4.92 Å². The number of ether oxygens (including phenoxy) is 1. The van der Waals surface area contributed by atoms with Gasteiger partial charge in [0.25, 0.3) is 6.20 Å². The molecule has 1 unspecified atom stereocenters. The largest absolute Gasteiger partial charge is 0.381 e. The van der Waals surface area contributed by atoms with Gasteiger partial charge in [-0.25, -0.2) is 0 Å². The fourth-order valence-corrected chi connectivity index (χ4v) is 1.84. The molecule has 1 atom stereocenters. The van der Waals surface area contributed by atoms with Gasteiger partial charge in [0.2, 0.25) is 0 Å². The van der Waals surface area contributed by atoms with Crippen molar-refractivity contribution >= 4 is 0 Å². The molecule has 0 spiro atoms. The summed E-state index contributed by atoms with van der Waals surface area (Å²) in [7, 11) is 1.70. The van der Waals surface area contributed by atoms with E-state index in [-0.39, 0.29) is 0 Å². The highest BCUT2D eigenvalue weighted by Crippen LogP contribution is 2.15. The number of nitrogens with zero attached hydrogens (tertiary/aromatic N) is 2. The van der Waals surface area contributed by atoms with Crippen molar-refractivity contribution in [3.05, 3.63) is 22.1 Å². The van der Waals surface area contributed by atoms with Gasteiger partial charge in [-0.15, -0.1) is 0 Å². The van der Waals surface area contributed by atoms with Crippen molar-refractivity contribution in [2.45, 2.75) is 13.3 Å². The van der Waals surface area contributed by atoms with Crippen LogP contribution < -0.4 is 5.32 Å². The third-order valence-electron chi connectivity index (χ3n) is 2.71. The first kappa shape index (κ1) is 12.8. The quantitative estimate of drug-likeness (QED) is 0.534. The topological polar surface area (TPSA) is 67.6 Å². The molecule has 0 bridgehead atoms. The van der Waals surface area contributed by atoms with Crippen LogP contribution in [0.3, 0.4) is 0 Å². The van der Waals surface area contributed by atoms with Crippen LogP contribution in [0.25, 0.3) is 0 Å². The molecule has 6 nitrogen and oxygen atoms in total. The summed E-state index contributed by atoms with van der Waals surface area (Å²) >= 11 is 0. The molecule has 92 valence electrons. The smallest absolute Gasteiger partial charge is 0.274 e. The van der Waals surface area contributed by atoms with Gasteiger partial charge in [-0.1, -0.05) is 0 Å². The zero-order valence-corrected chi connectivity index (χ0v) is 9.81. The van der Waals surface area contributed by atoms with Crippen LogP contribution in [0.15, 0.2) is 12.0 Å². The van der Waals surface area contributed by atoms with Crippen molar-refractivity contribution in [3.8, 4) is 0 Å². The predicted octanol–water partition coefficient (Wildman–Crippen LogP) is 0.640. The minimum absolute atomic E-state index is 0.431. The summed E-state index contributed by atoms with van der Waals surface area (Å²) in [5, 5.41) is 13.3. The summed E-state index contributed by atoms with van der Waals surface area (Å²) < 4.78 is 5.30. The van der Waals surface area contributed by atoms with Crippen LogP contribution in [0.2, 0.25) is 0 Å². The second-order valence-electron chi connectivity index (χ2n) is 3.82. The molecule has 0 aromatic carbocycles. The molecule has 16 heavy (non-hydrogen) atoms. The summed E-state index contributed by atoms with van der Waals surface area (Å²) in [6.07, 6.45) is 2.05. The van der Waals surface area contributed by atoms with E-state index in [9.17, 15) is 10.1 Å². The van der Waals surface area contributed by atoms with Gasteiger partial charge < -0.3 is 15.0 Å². The molecule has 1 aliphatic heterocycles. The van der Waals surface area contributed by atoms with E-state index in [1.54, 1.807) is 7.05 Å². The number of nitro groups is 1. The molecule has 0 saturated carbocycles. The van der Waals surface area contributed by atoms with Gasteiger partial charge in [0.15, 0.2) is 5.82 Å². The molecular formula is C10H19N3O3. The maximum Gasteiger partial charge on any atom is 0.274 e. The predicted molar refractivity (Wildman–Crippen MR) is 60.3 cm³/mol. The Balaban J connectivity index is 2.59. The molecule has 1 aliphatic rings. The van der Waals surface area contributed by atoms with Crippen LogP contribution in [0, 0.1) is 16.0 Å². The van der Waals surface area contributed by atoms with Crippen LogP contribution in [-0.4, -0.2) is 43.2 Å². The molecule has 0 amide bonds. The Labute approximate surface area is 95.4 Å². The summed E-state index contributed by atoms with van der Waals surface area (Å²) in [6.45, 7) is 5.09. The van der Waals surface area contributed by atoms with Gasteiger partial charge in [0.05, 0.1) is 11.5 Å². The average molecular weight is 229 g/mol. The van der Waals surface area contributed by atoms with Gasteiger partial charge in [-0.2, -0.15) is 0 Å². The molecule has 1 rings (SSSR count). The van der Waals surface area contributed by atoms with E-state index >= 15 is 0 Å². The lowest BCUT2D eigenvalue weighted by Gasteiger charge is -2.26. The van der Waals surface area contributed by atoms with Crippen molar-refractivity contribution < 1.29 is 9.66 Å². The summed E-state index contributed by atoms with van der Waals surface area (Å²) in [5.74, 6) is 1.03. The van der Waals surface area contributed by atoms with Gasteiger partial charge in [0.1, 0.15) is 0 Å². The Hall–Kier alpha value is -1.30. The number of hydrogen-bond acceptors (Lipinski definition) is 5. The van der Waals surface area contributed by atoms with Gasteiger partial charge in [-0.3, -0.25) is 10.1 Å². The highest BCUT2D eigenvalue weighted by atomic mass is 16.6. The Morgan fingerprint density at radius 2 is 2.50 bits per heavy atom. The van der Waals surface area contributed by atoms with E-state index in [1.165, 1.54) is 0 Å². The first-order chi connectivity index (χ1) is 7.67. The summed E-state index contributed by atoms with van der Waals surface area (Å²) in [4.78, 5) is 12.0. The highest BCUT2D eigenvalue weighted by Gasteiger charge is 2.20. The third kappa shape index (κ3) is 3.69. The van der Waals surface area contributed by atoms with Crippen LogP contribution in [-0.2, 0) is 4.74 Å². The fourth-order valence-electron chi connectivity index (χ4n) is 1.84. The molecule has 1 fully saturated rings. The van der Waals surface area contributed by atoms with E-state index in [0.717, 1.165) is 38.9 Å². The number of nitrogens with one attached hydrogen (secondary N) is 1. The standard InChI is InChI=1S/C10H19N3O3/c1-3-12(6-9-4-5-16-8-9)10(11-2)7-13(14)15/h7,9,11H,3-6,8H2,1-2H3. The Morgan fingerprint density at radius 1 is 1.75 bits per heavy atom. The zero-order valence-electron chi connectivity index (χ0n) is 9.81. The average Bonchev–Trinajstić information content (AvgIpc) is 2.75. The first-order valence-electron chi connectivity index (χ1n) is 5.53. The van der Waals surface area contributed by atoms with E-state index in [4.69, 9.17) is 4.74 Å². The third-order valence-corrected chi connectivity index (χ3v) is 2.71. The maximum atomic E-state index is 10.5. The molecular weight excluding hydrogens is 210 g/mol. The van der Waals surface area contributed by atoms with E-state index in [2.05, 4.69) is 5.32 Å². The minimum Gasteiger partial charge on any atom is -0.381 e. The van der Waals surface area contributed by atoms with Crippen LogP contribution >= 0.6 is 0 Å². The lowest BCUT2D eigenvalue weighted by molar-refractivity contribution is -0.404. The Kier molecular flexibility index (Phi) is 5.04. The number of hydrogen-bond donors (Lipinski definition) is 1. The molecule has 0 aromatic heterocycles. The van der Waals surface area contributed by atoms with Crippen LogP contribution in [0.5, 0.6) is 0 Å². The molecule has 1 N–H and O–H groups in total. The zero-order chi connectivity index (χ0) is 12.0. The lowest BCUT2D eigenvalue weighted by atomic mass is 10.1. The molecule has 1 heterocycles. The number of rotatable bonds is 6. The fraction of sp³-hybridized carbons (Fsp3) is 0.800. The highest BCUT2D eigenvalue weighted by molar-refractivity contribution is 4.94. The molecule has 0 aliphatic carbocycles. The second kappa shape index (κ2) is 6.32. The van der Waals surface area contributed by atoms with Crippen LogP contribution in [0.1, 0.15) is 13.3 Å². The molecule has 0 radical (unpaired) electrons. The minimum atomic E-state index is -0.431. The van der Waals surface area contributed by atoms with Crippen molar-refractivity contribution in [1.82, 2.24) is 10.2 Å². The van der Waals surface area contributed by atoms with Crippen molar-refractivity contribution in [3.63, 3.8) is 0 Å².